The lowest BCUT2D eigenvalue weighted by molar-refractivity contribution is -0.121. The van der Waals surface area contributed by atoms with Gasteiger partial charge in [0, 0.05) is 13.0 Å². The molecule has 26 heavy (non-hydrogen) atoms. The highest BCUT2D eigenvalue weighted by Crippen LogP contribution is 2.08. The highest BCUT2D eigenvalue weighted by Gasteiger charge is 2.00. The van der Waals surface area contributed by atoms with Crippen LogP contribution in [0.3, 0.4) is 0 Å². The van der Waals surface area contributed by atoms with E-state index in [4.69, 9.17) is 0 Å². The minimum absolute atomic E-state index is 0.243. The molecule has 0 heterocycles. The molecule has 2 heteroatoms. The molecule has 1 N–H and O–H groups in total. The Balaban J connectivity index is 3.25. The maximum absolute atomic E-state index is 11.7. The minimum Gasteiger partial charge on any atom is -0.356 e. The predicted octanol–water partition coefficient (Wildman–Crippen LogP) is 7.50. The number of rotatable bonds is 19. The van der Waals surface area contributed by atoms with Gasteiger partial charge >= 0.3 is 0 Å². The van der Waals surface area contributed by atoms with Crippen molar-refractivity contribution in [2.45, 2.75) is 117 Å². The zero-order valence-electron chi connectivity index (χ0n) is 17.7. The summed E-state index contributed by atoms with van der Waals surface area (Å²) in [6.45, 7) is 5.32. The molecule has 0 unspecified atom stereocenters. The third-order valence-corrected chi connectivity index (χ3v) is 4.71. The van der Waals surface area contributed by atoms with Crippen molar-refractivity contribution in [3.05, 3.63) is 24.3 Å². The van der Waals surface area contributed by atoms with Crippen LogP contribution in [-0.4, -0.2) is 12.5 Å². The summed E-state index contributed by atoms with van der Waals surface area (Å²) in [5.74, 6) is 0.243. The Morgan fingerprint density at radius 1 is 0.654 bits per heavy atom. The Labute approximate surface area is 163 Å². The first-order chi connectivity index (χ1) is 12.8. The van der Waals surface area contributed by atoms with Crippen LogP contribution in [0.15, 0.2) is 24.3 Å². The molecule has 0 saturated carbocycles. The maximum Gasteiger partial charge on any atom is 0.219 e. The smallest absolute Gasteiger partial charge is 0.219 e. The van der Waals surface area contributed by atoms with E-state index < -0.39 is 0 Å². The second-order valence-electron chi connectivity index (χ2n) is 7.39. The number of carbonyl (C=O) groups excluding carboxylic acids is 1. The molecule has 152 valence electrons. The molecule has 0 radical (unpaired) electrons. The summed E-state index contributed by atoms with van der Waals surface area (Å²) in [7, 11) is 0. The lowest BCUT2D eigenvalue weighted by Gasteiger charge is -2.05. The Morgan fingerprint density at radius 3 is 1.88 bits per heavy atom. The molecule has 0 aliphatic heterocycles. The van der Waals surface area contributed by atoms with Gasteiger partial charge in [-0.15, -0.1) is 0 Å². The van der Waals surface area contributed by atoms with Gasteiger partial charge in [0.1, 0.15) is 0 Å². The minimum atomic E-state index is 0.243. The third-order valence-electron chi connectivity index (χ3n) is 4.71. The van der Waals surface area contributed by atoms with Crippen LogP contribution >= 0.6 is 0 Å². The van der Waals surface area contributed by atoms with E-state index in [1.165, 1.54) is 77.0 Å². The van der Waals surface area contributed by atoms with Gasteiger partial charge in [-0.2, -0.15) is 0 Å². The molecule has 0 fully saturated rings. The highest BCUT2D eigenvalue weighted by molar-refractivity contribution is 5.75. The van der Waals surface area contributed by atoms with Gasteiger partial charge in [0.15, 0.2) is 0 Å². The van der Waals surface area contributed by atoms with E-state index in [1.54, 1.807) is 0 Å². The van der Waals surface area contributed by atoms with E-state index >= 15 is 0 Å². The van der Waals surface area contributed by atoms with Crippen molar-refractivity contribution in [2.24, 2.45) is 0 Å². The predicted molar refractivity (Wildman–Crippen MR) is 117 cm³/mol. The largest absolute Gasteiger partial charge is 0.356 e. The summed E-state index contributed by atoms with van der Waals surface area (Å²) in [6, 6.07) is 0. The summed E-state index contributed by atoms with van der Waals surface area (Å²) in [5, 5.41) is 3.04. The fourth-order valence-corrected chi connectivity index (χ4v) is 2.96. The summed E-state index contributed by atoms with van der Waals surface area (Å²) in [6.07, 6.45) is 28.4. The highest BCUT2D eigenvalue weighted by atomic mass is 16.1. The van der Waals surface area contributed by atoms with Crippen LogP contribution in [0.2, 0.25) is 0 Å². The van der Waals surface area contributed by atoms with Crippen LogP contribution in [0.25, 0.3) is 0 Å². The summed E-state index contributed by atoms with van der Waals surface area (Å²) in [4.78, 5) is 11.7. The van der Waals surface area contributed by atoms with Crippen LogP contribution in [0.1, 0.15) is 117 Å². The van der Waals surface area contributed by atoms with E-state index in [9.17, 15) is 4.79 Å². The SMILES string of the molecule is CCCCC/C=C\C/C=C\CCCCCCCC(=O)NCCCCCC. The molecule has 0 aromatic carbocycles. The van der Waals surface area contributed by atoms with Gasteiger partial charge in [-0.1, -0.05) is 89.5 Å². The molecule has 0 rings (SSSR count). The average molecular weight is 364 g/mol. The van der Waals surface area contributed by atoms with Gasteiger partial charge < -0.3 is 5.32 Å². The molecule has 0 saturated heterocycles. The zero-order valence-corrected chi connectivity index (χ0v) is 17.7. The number of allylic oxidation sites excluding steroid dienone is 4. The van der Waals surface area contributed by atoms with Crippen molar-refractivity contribution in [3.63, 3.8) is 0 Å². The van der Waals surface area contributed by atoms with E-state index in [2.05, 4.69) is 43.5 Å². The molecule has 2 nitrogen and oxygen atoms in total. The number of unbranched alkanes of at least 4 members (excludes halogenated alkanes) is 11. The van der Waals surface area contributed by atoms with Gasteiger partial charge in [0.2, 0.25) is 5.91 Å². The van der Waals surface area contributed by atoms with Gasteiger partial charge in [0.05, 0.1) is 0 Å². The first kappa shape index (κ1) is 24.9. The second-order valence-corrected chi connectivity index (χ2v) is 7.39. The zero-order chi connectivity index (χ0) is 19.1. The van der Waals surface area contributed by atoms with Crippen LogP contribution in [0, 0.1) is 0 Å². The molecule has 0 bridgehead atoms. The summed E-state index contributed by atoms with van der Waals surface area (Å²) in [5.41, 5.74) is 0. The average Bonchev–Trinajstić information content (AvgIpc) is 2.64. The Hall–Kier alpha value is -1.05. The van der Waals surface area contributed by atoms with Gasteiger partial charge in [-0.25, -0.2) is 0 Å². The molecular formula is C24H45NO. The normalized spacial score (nSPS) is 11.6. The van der Waals surface area contributed by atoms with E-state index in [0.29, 0.717) is 6.42 Å². The summed E-state index contributed by atoms with van der Waals surface area (Å²) < 4.78 is 0. The quantitative estimate of drug-likeness (QED) is 0.187. The number of hydrogen-bond acceptors (Lipinski definition) is 1. The number of nitrogens with one attached hydrogen (secondary N) is 1. The van der Waals surface area contributed by atoms with E-state index in [1.807, 2.05) is 0 Å². The molecule has 0 spiro atoms. The number of hydrogen-bond donors (Lipinski definition) is 1. The molecular weight excluding hydrogens is 318 g/mol. The van der Waals surface area contributed by atoms with Gasteiger partial charge in [-0.3, -0.25) is 4.79 Å². The van der Waals surface area contributed by atoms with Crippen molar-refractivity contribution in [1.82, 2.24) is 5.32 Å². The van der Waals surface area contributed by atoms with Crippen molar-refractivity contribution in [2.75, 3.05) is 6.54 Å². The van der Waals surface area contributed by atoms with Crippen LogP contribution < -0.4 is 5.32 Å². The molecule has 1 amide bonds. The topological polar surface area (TPSA) is 29.1 Å². The fraction of sp³-hybridized carbons (Fsp3) is 0.792. The number of carbonyl (C=O) groups is 1. The lowest BCUT2D eigenvalue weighted by atomic mass is 10.1. The maximum atomic E-state index is 11.7. The van der Waals surface area contributed by atoms with Crippen LogP contribution in [0.4, 0.5) is 0 Å². The Bertz CT molecular complexity index is 346. The first-order valence-electron chi connectivity index (χ1n) is 11.4. The van der Waals surface area contributed by atoms with Crippen molar-refractivity contribution in [1.29, 1.82) is 0 Å². The first-order valence-corrected chi connectivity index (χ1v) is 11.4. The van der Waals surface area contributed by atoms with E-state index in [0.717, 1.165) is 25.8 Å². The molecule has 0 aromatic rings. The molecule has 0 aliphatic carbocycles. The standard InChI is InChI=1S/C24H45NO/c1-3-5-7-9-10-11-12-13-14-15-16-17-18-19-20-22-24(26)25-23-21-8-6-4-2/h10-11,13-14H,3-9,12,15-23H2,1-2H3,(H,25,26)/b11-10-,14-13-. The second kappa shape index (κ2) is 22.0. The summed E-state index contributed by atoms with van der Waals surface area (Å²) >= 11 is 0. The van der Waals surface area contributed by atoms with Crippen LogP contribution in [0.5, 0.6) is 0 Å². The Morgan fingerprint density at radius 2 is 1.19 bits per heavy atom. The van der Waals surface area contributed by atoms with E-state index in [-0.39, 0.29) is 5.91 Å². The third kappa shape index (κ3) is 21.0. The van der Waals surface area contributed by atoms with Crippen molar-refractivity contribution in [3.8, 4) is 0 Å². The number of amides is 1. The Kier molecular flexibility index (Phi) is 21.1. The van der Waals surface area contributed by atoms with Gasteiger partial charge in [0.25, 0.3) is 0 Å². The fourth-order valence-electron chi connectivity index (χ4n) is 2.96. The van der Waals surface area contributed by atoms with Crippen molar-refractivity contribution < 1.29 is 4.79 Å². The van der Waals surface area contributed by atoms with Gasteiger partial charge in [-0.05, 0) is 44.9 Å². The van der Waals surface area contributed by atoms with Crippen molar-refractivity contribution >= 4 is 5.91 Å². The molecule has 0 aromatic heterocycles. The monoisotopic (exact) mass is 363 g/mol. The van der Waals surface area contributed by atoms with Crippen LogP contribution in [-0.2, 0) is 4.79 Å². The molecule has 0 aliphatic rings. The molecule has 0 atom stereocenters. The lowest BCUT2D eigenvalue weighted by Crippen LogP contribution is -2.23.